The zero-order valence-electron chi connectivity index (χ0n) is 19.7. The number of aliphatic hydroxyl groups excluding tert-OH is 1. The first kappa shape index (κ1) is 23.5. The maximum atomic E-state index is 11.7. The molecule has 1 amide bonds. The Morgan fingerprint density at radius 3 is 2.78 bits per heavy atom. The van der Waals surface area contributed by atoms with Crippen molar-refractivity contribution in [2.75, 3.05) is 41.8 Å². The van der Waals surface area contributed by atoms with Gasteiger partial charge in [0.1, 0.15) is 0 Å². The predicted octanol–water partition coefficient (Wildman–Crippen LogP) is 4.36. The fourth-order valence-corrected chi connectivity index (χ4v) is 4.26. The number of para-hydroxylation sites is 1. The highest BCUT2D eigenvalue weighted by molar-refractivity contribution is 6.00. The summed E-state index contributed by atoms with van der Waals surface area (Å²) < 4.78 is 5.54. The number of carbonyl (C=O) groups excluding carboxylic acids is 1. The fraction of sp³-hybridized carbons (Fsp3) is 0.179. The molecule has 1 atom stereocenters. The SMILES string of the molecule is C=CC(=O)Nc1cccc(-c2cccc3cnc(Nc4ccc(N5CCOC(CO)C5)cc4)nc23)c1. The lowest BCUT2D eigenvalue weighted by Crippen LogP contribution is -2.44. The first-order valence-corrected chi connectivity index (χ1v) is 11.8. The van der Waals surface area contributed by atoms with Crippen LogP contribution in [-0.2, 0) is 9.53 Å². The Morgan fingerprint density at radius 2 is 1.97 bits per heavy atom. The molecule has 8 nitrogen and oxygen atoms in total. The molecule has 36 heavy (non-hydrogen) atoms. The number of rotatable bonds is 7. The van der Waals surface area contributed by atoms with Crippen molar-refractivity contribution in [2.24, 2.45) is 0 Å². The average Bonchev–Trinajstić information content (AvgIpc) is 2.93. The minimum atomic E-state index is -0.258. The van der Waals surface area contributed by atoms with Crippen LogP contribution in [0.15, 0.2) is 85.6 Å². The second-order valence-electron chi connectivity index (χ2n) is 8.50. The molecule has 1 aliphatic rings. The molecule has 0 bridgehead atoms. The number of aromatic nitrogens is 2. The fourth-order valence-electron chi connectivity index (χ4n) is 4.26. The minimum Gasteiger partial charge on any atom is -0.394 e. The molecule has 1 aliphatic heterocycles. The van der Waals surface area contributed by atoms with E-state index in [1.807, 2.05) is 66.7 Å². The Labute approximate surface area is 209 Å². The van der Waals surface area contributed by atoms with Gasteiger partial charge in [-0.1, -0.05) is 36.9 Å². The largest absolute Gasteiger partial charge is 0.394 e. The molecule has 1 fully saturated rings. The second-order valence-corrected chi connectivity index (χ2v) is 8.50. The van der Waals surface area contributed by atoms with Crippen molar-refractivity contribution in [1.82, 2.24) is 9.97 Å². The van der Waals surface area contributed by atoms with E-state index in [1.165, 1.54) is 6.08 Å². The number of aliphatic hydroxyl groups is 1. The van der Waals surface area contributed by atoms with Crippen LogP contribution >= 0.6 is 0 Å². The predicted molar refractivity (Wildman–Crippen MR) is 143 cm³/mol. The minimum absolute atomic E-state index is 0.0190. The van der Waals surface area contributed by atoms with E-state index in [9.17, 15) is 9.90 Å². The Hall–Kier alpha value is -4.27. The molecule has 5 rings (SSSR count). The Kier molecular flexibility index (Phi) is 6.88. The summed E-state index contributed by atoms with van der Waals surface area (Å²) in [7, 11) is 0. The van der Waals surface area contributed by atoms with Gasteiger partial charge in [-0.15, -0.1) is 0 Å². The zero-order chi connectivity index (χ0) is 24.9. The van der Waals surface area contributed by atoms with Gasteiger partial charge in [0, 0.05) is 47.3 Å². The molecule has 3 N–H and O–H groups in total. The number of amides is 1. The third kappa shape index (κ3) is 5.19. The number of nitrogens with zero attached hydrogens (tertiary/aromatic N) is 3. The van der Waals surface area contributed by atoms with Crippen LogP contribution in [0, 0.1) is 0 Å². The molecule has 0 spiro atoms. The Morgan fingerprint density at radius 1 is 1.14 bits per heavy atom. The van der Waals surface area contributed by atoms with Gasteiger partial charge >= 0.3 is 0 Å². The van der Waals surface area contributed by atoms with Crippen molar-refractivity contribution >= 4 is 39.8 Å². The average molecular weight is 482 g/mol. The summed E-state index contributed by atoms with van der Waals surface area (Å²) in [4.78, 5) is 23.2. The Bertz CT molecular complexity index is 1390. The van der Waals surface area contributed by atoms with Crippen LogP contribution in [0.25, 0.3) is 22.0 Å². The van der Waals surface area contributed by atoms with E-state index in [-0.39, 0.29) is 18.6 Å². The summed E-state index contributed by atoms with van der Waals surface area (Å²) in [5, 5.41) is 16.4. The van der Waals surface area contributed by atoms with Crippen LogP contribution in [0.4, 0.5) is 23.0 Å². The van der Waals surface area contributed by atoms with Crippen LogP contribution in [0.1, 0.15) is 0 Å². The van der Waals surface area contributed by atoms with Crippen LogP contribution in [-0.4, -0.2) is 53.4 Å². The van der Waals surface area contributed by atoms with Gasteiger partial charge < -0.3 is 25.4 Å². The standard InChI is InChI=1S/C28H27N5O3/c1-2-26(35)30-22-7-3-5-19(15-22)25-8-4-6-20-16-29-28(32-27(20)25)31-21-9-11-23(12-10-21)33-13-14-36-24(17-33)18-34/h2-12,15-16,24,34H,1,13-14,17-18H2,(H,30,35)(H,29,31,32). The molecule has 8 heteroatoms. The van der Waals surface area contributed by atoms with Crippen molar-refractivity contribution < 1.29 is 14.6 Å². The smallest absolute Gasteiger partial charge is 0.247 e. The van der Waals surface area contributed by atoms with Gasteiger partial charge in [0.05, 0.1) is 24.8 Å². The molecule has 0 saturated carbocycles. The lowest BCUT2D eigenvalue weighted by Gasteiger charge is -2.33. The van der Waals surface area contributed by atoms with E-state index in [4.69, 9.17) is 9.72 Å². The third-order valence-electron chi connectivity index (χ3n) is 6.07. The van der Waals surface area contributed by atoms with Crippen molar-refractivity contribution in [1.29, 1.82) is 0 Å². The second kappa shape index (κ2) is 10.6. The highest BCUT2D eigenvalue weighted by Crippen LogP contribution is 2.30. The van der Waals surface area contributed by atoms with Crippen molar-refractivity contribution in [3.8, 4) is 11.1 Å². The topological polar surface area (TPSA) is 99.6 Å². The number of ether oxygens (including phenoxy) is 1. The molecule has 1 unspecified atom stereocenters. The van der Waals surface area contributed by atoms with Gasteiger partial charge in [-0.2, -0.15) is 0 Å². The van der Waals surface area contributed by atoms with E-state index < -0.39 is 0 Å². The monoisotopic (exact) mass is 481 g/mol. The van der Waals surface area contributed by atoms with Crippen LogP contribution in [0.3, 0.4) is 0 Å². The number of morpholine rings is 1. The summed E-state index contributed by atoms with van der Waals surface area (Å²) >= 11 is 0. The summed E-state index contributed by atoms with van der Waals surface area (Å²) in [6.07, 6.45) is 2.89. The molecular formula is C28H27N5O3. The van der Waals surface area contributed by atoms with E-state index in [0.29, 0.717) is 24.8 Å². The van der Waals surface area contributed by atoms with Crippen LogP contribution < -0.4 is 15.5 Å². The third-order valence-corrected chi connectivity index (χ3v) is 6.07. The first-order chi connectivity index (χ1) is 17.6. The number of carbonyl (C=O) groups is 1. The number of nitrogens with one attached hydrogen (secondary N) is 2. The molecule has 0 aliphatic carbocycles. The maximum Gasteiger partial charge on any atom is 0.247 e. The number of anilines is 4. The number of benzene rings is 3. The molecule has 4 aromatic rings. The number of fused-ring (bicyclic) bond motifs is 1. The quantitative estimate of drug-likeness (QED) is 0.337. The highest BCUT2D eigenvalue weighted by atomic mass is 16.5. The van der Waals surface area contributed by atoms with Crippen LogP contribution in [0.5, 0.6) is 0 Å². The summed E-state index contributed by atoms with van der Waals surface area (Å²) in [6, 6.07) is 21.6. The van der Waals surface area contributed by atoms with Crippen LogP contribution in [0.2, 0.25) is 0 Å². The summed E-state index contributed by atoms with van der Waals surface area (Å²) in [6.45, 7) is 5.58. The number of hydrogen-bond acceptors (Lipinski definition) is 7. The van der Waals surface area contributed by atoms with Crippen molar-refractivity contribution in [3.05, 3.63) is 85.6 Å². The highest BCUT2D eigenvalue weighted by Gasteiger charge is 2.20. The van der Waals surface area contributed by atoms with Gasteiger partial charge in [-0.25, -0.2) is 9.97 Å². The molecule has 3 aromatic carbocycles. The van der Waals surface area contributed by atoms with Gasteiger partial charge in [0.15, 0.2) is 0 Å². The van der Waals surface area contributed by atoms with E-state index in [0.717, 1.165) is 39.9 Å². The summed E-state index contributed by atoms with van der Waals surface area (Å²) in [5.41, 5.74) is 5.32. The van der Waals surface area contributed by atoms with Gasteiger partial charge in [-0.05, 0) is 48.0 Å². The van der Waals surface area contributed by atoms with Crippen molar-refractivity contribution in [3.63, 3.8) is 0 Å². The van der Waals surface area contributed by atoms with Gasteiger partial charge in [-0.3, -0.25) is 4.79 Å². The zero-order valence-corrected chi connectivity index (χ0v) is 19.7. The lowest BCUT2D eigenvalue weighted by molar-refractivity contribution is -0.111. The molecule has 2 heterocycles. The molecule has 1 aromatic heterocycles. The number of hydrogen-bond donors (Lipinski definition) is 3. The van der Waals surface area contributed by atoms with E-state index in [1.54, 1.807) is 6.20 Å². The molecule has 0 radical (unpaired) electrons. The molecule has 182 valence electrons. The normalized spacial score (nSPS) is 15.5. The summed E-state index contributed by atoms with van der Waals surface area (Å²) in [5.74, 6) is 0.234. The van der Waals surface area contributed by atoms with E-state index in [2.05, 4.69) is 27.1 Å². The molecular weight excluding hydrogens is 454 g/mol. The van der Waals surface area contributed by atoms with Gasteiger partial charge in [0.25, 0.3) is 0 Å². The van der Waals surface area contributed by atoms with Crippen molar-refractivity contribution in [2.45, 2.75) is 6.10 Å². The lowest BCUT2D eigenvalue weighted by atomic mass is 10.0. The Balaban J connectivity index is 1.38. The maximum absolute atomic E-state index is 11.7. The molecule has 1 saturated heterocycles. The van der Waals surface area contributed by atoms with Gasteiger partial charge in [0.2, 0.25) is 11.9 Å². The van der Waals surface area contributed by atoms with E-state index >= 15 is 0 Å². The first-order valence-electron chi connectivity index (χ1n) is 11.8.